The Morgan fingerprint density at radius 1 is 0.285 bits per heavy atom. The van der Waals surface area contributed by atoms with Crippen molar-refractivity contribution in [1.82, 2.24) is 0 Å². The van der Waals surface area contributed by atoms with E-state index in [0.717, 1.165) is 187 Å². The van der Waals surface area contributed by atoms with Crippen molar-refractivity contribution in [3.63, 3.8) is 0 Å². The second-order valence-corrected chi connectivity index (χ2v) is 47.6. The Bertz CT molecular complexity index is 3700. The molecule has 0 amide bonds. The van der Waals surface area contributed by atoms with Gasteiger partial charge >= 0.3 is 37.4 Å². The lowest BCUT2D eigenvalue weighted by Crippen LogP contribution is -2.80. The molecule has 130 heavy (non-hydrogen) atoms. The van der Waals surface area contributed by atoms with Crippen molar-refractivity contribution in [3.05, 3.63) is 74.3 Å². The topological polar surface area (TPSA) is 152 Å². The van der Waals surface area contributed by atoms with Gasteiger partial charge < -0.3 is 23.7 Å². The maximum atomic E-state index is 14.5. The standard InChI is InChI=1S/C115H199O12P3/c1-17-23-29-35-41-47-53-59-65-71-77-83-110(84-78-72-66-60-54-48-42-36-30-24-18-2)112(87-81-75-69-63-57-51-45-39-33-27-21-5,96-91-98(107(10,11)12)100(116)89-93(96)7)102-95(9)105-104(118)103(109(16,114-122-129(123-114)124-114)115-125-130(126-115)127-115)106(102)120-128(119-105)121-111(85-79-73-67-61-55-49-43-37-31-25-19-3,86-80-74-68-62-56-50-44-38-32-26-20-4)113(110,88-82-76-70-64-58-52-46-40-34-28-22-6)97-92-99(108(13,14)15)101(117)90-94(97)8/h89-92,116-118H,17-88H2,1-16H3. The van der Waals surface area contributed by atoms with Crippen LogP contribution in [0.3, 0.4) is 0 Å². The molecule has 12 rings (SSSR count). The van der Waals surface area contributed by atoms with Crippen LogP contribution in [-0.2, 0) is 54.2 Å². The summed E-state index contributed by atoms with van der Waals surface area (Å²) in [5.74, 6) is -2.95. The Labute approximate surface area is 801 Å². The zero-order chi connectivity index (χ0) is 93.4. The molecule has 7 aliphatic rings. The minimum absolute atomic E-state index is 0.0880. The third-order valence-corrected chi connectivity index (χ3v) is 35.7. The predicted molar refractivity (Wildman–Crippen MR) is 553 cm³/mol. The maximum Gasteiger partial charge on any atom is 0.388 e. The molecule has 0 aliphatic carbocycles. The quantitative estimate of drug-likeness (QED) is 0.0285. The van der Waals surface area contributed by atoms with E-state index in [1.165, 1.54) is 319 Å². The highest BCUT2D eigenvalue weighted by atomic mass is 31.2. The van der Waals surface area contributed by atoms with E-state index in [0.29, 0.717) is 28.2 Å². The molecule has 0 radical (unpaired) electrons. The van der Waals surface area contributed by atoms with Crippen LogP contribution in [0, 0.1) is 26.2 Å². The number of hydrogen-bond acceptors (Lipinski definition) is 12. The maximum absolute atomic E-state index is 14.5. The molecule has 5 aromatic rings. The lowest BCUT2D eigenvalue weighted by atomic mass is 9.35. The Morgan fingerprint density at radius 2 is 0.538 bits per heavy atom. The van der Waals surface area contributed by atoms with E-state index in [1.807, 2.05) is 6.92 Å². The van der Waals surface area contributed by atoms with Crippen LogP contribution < -0.4 is 4.52 Å². The molecule has 3 atom stereocenters. The fourth-order valence-corrected chi connectivity index (χ4v) is 28.5. The van der Waals surface area contributed by atoms with Crippen LogP contribution in [0.4, 0.5) is 0 Å². The summed E-state index contributed by atoms with van der Waals surface area (Å²) in [5, 5.41) is 41.2. The molecular formula is C115H199O12P3. The van der Waals surface area contributed by atoms with Gasteiger partial charge in [-0.25, -0.2) is 0 Å². The zero-order valence-corrected chi connectivity index (χ0v) is 89.8. The number of phenols is 3. The summed E-state index contributed by atoms with van der Waals surface area (Å²) in [6.45, 7) is 37.0. The van der Waals surface area contributed by atoms with Gasteiger partial charge in [-0.05, 0) is 128 Å². The molecule has 0 saturated carbocycles. The summed E-state index contributed by atoms with van der Waals surface area (Å²) in [6.07, 6.45) is 85.8. The van der Waals surface area contributed by atoms with E-state index in [2.05, 4.69) is 128 Å². The first kappa shape index (κ1) is 111. The lowest BCUT2D eigenvalue weighted by Gasteiger charge is -2.71. The van der Waals surface area contributed by atoms with Crippen LogP contribution in [-0.4, -0.2) is 32.9 Å². The van der Waals surface area contributed by atoms with Crippen LogP contribution in [0.25, 0.3) is 11.2 Å². The van der Waals surface area contributed by atoms with Crippen LogP contribution >= 0.6 is 25.4 Å². The van der Waals surface area contributed by atoms with E-state index >= 15 is 0 Å². The average Bonchev–Trinajstić information content (AvgIpc) is 0.896. The van der Waals surface area contributed by atoms with Crippen molar-refractivity contribution in [2.24, 2.45) is 5.41 Å². The second-order valence-electron chi connectivity index (χ2n) is 44.6. The molecule has 8 bridgehead atoms. The summed E-state index contributed by atoms with van der Waals surface area (Å²) in [6, 6.07) is 9.61. The van der Waals surface area contributed by atoms with E-state index in [-0.39, 0.29) is 5.75 Å². The van der Waals surface area contributed by atoms with Crippen molar-refractivity contribution in [3.8, 4) is 17.2 Å². The molecule has 6 fully saturated rings. The zero-order valence-electron chi connectivity index (χ0n) is 87.1. The number of aryl methyl sites for hydroxylation is 3. The van der Waals surface area contributed by atoms with Gasteiger partial charge in [0, 0.05) is 22.0 Å². The Morgan fingerprint density at radius 3 is 0.823 bits per heavy atom. The summed E-state index contributed by atoms with van der Waals surface area (Å²) in [4.78, 5) is 0. The van der Waals surface area contributed by atoms with Gasteiger partial charge in [0.15, 0.2) is 16.7 Å². The first-order valence-electron chi connectivity index (χ1n) is 56.1. The third-order valence-electron chi connectivity index (χ3n) is 32.2. The normalized spacial score (nSPS) is 21.5. The Hall–Kier alpha value is -2.46. The first-order chi connectivity index (χ1) is 62.9. The average molecular weight is 1870 g/mol. The van der Waals surface area contributed by atoms with Crippen molar-refractivity contribution in [2.45, 2.75) is 618 Å². The smallest absolute Gasteiger partial charge is 0.388 e. The van der Waals surface area contributed by atoms with E-state index in [1.54, 1.807) is 0 Å². The molecule has 3 unspecified atom stereocenters. The Kier molecular flexibility index (Phi) is 48.5. The largest absolute Gasteiger partial charge is 0.508 e. The minimum atomic E-state index is -2.47. The first-order valence-corrected chi connectivity index (χ1v) is 59.4. The van der Waals surface area contributed by atoms with Gasteiger partial charge in [0.2, 0.25) is 0 Å². The number of benzene rings is 3. The van der Waals surface area contributed by atoms with Crippen molar-refractivity contribution in [1.29, 1.82) is 0 Å². The molecule has 12 nitrogen and oxygen atoms in total. The highest BCUT2D eigenvalue weighted by Gasteiger charge is 2.90. The van der Waals surface area contributed by atoms with Crippen LogP contribution in [0.1, 0.15) is 602 Å². The van der Waals surface area contributed by atoms with Gasteiger partial charge in [-0.3, -0.25) is 31.7 Å². The number of fused-ring (bicyclic) bond motifs is 1. The monoisotopic (exact) mass is 1870 g/mol. The minimum Gasteiger partial charge on any atom is -0.508 e. The van der Waals surface area contributed by atoms with Gasteiger partial charge in [-0.15, -0.1) is 0 Å². The summed E-state index contributed by atoms with van der Waals surface area (Å²) in [5.41, 5.74) is 3.36. The van der Waals surface area contributed by atoms with Crippen molar-refractivity contribution >= 4 is 36.6 Å². The summed E-state index contributed by atoms with van der Waals surface area (Å²) >= 11 is 0. The molecule has 6 saturated heterocycles. The fourth-order valence-electron chi connectivity index (χ4n) is 24.7. The number of rotatable bonds is 77. The van der Waals surface area contributed by atoms with E-state index in [4.69, 9.17) is 35.5 Å². The predicted octanol–water partition coefficient (Wildman–Crippen LogP) is 40.0. The molecule has 3 aromatic carbocycles. The van der Waals surface area contributed by atoms with Crippen LogP contribution in [0.15, 0.2) is 32.7 Å². The number of unbranched alkanes of at least 4 members (excludes halogenated alkanes) is 60. The molecule has 9 heterocycles. The molecule has 2 aromatic heterocycles. The van der Waals surface area contributed by atoms with E-state index < -0.39 is 75.5 Å². The molecule has 746 valence electrons. The van der Waals surface area contributed by atoms with Crippen molar-refractivity contribution in [2.75, 3.05) is 0 Å². The van der Waals surface area contributed by atoms with Crippen molar-refractivity contribution < 1.29 is 55.4 Å². The van der Waals surface area contributed by atoms with E-state index in [9.17, 15) is 19.8 Å². The SMILES string of the molecule is CCCCCCCCCCCCCC1(CCCCCCCCCCCCC)Op2oc3c(C)c(c(o2)c(C(C)(C24OP(O2)O4)C24OP(O2)O4)c3O)C(CCCCCCCCCCCCC)(c2cc(C(C)(C)C)c(O)cc2C)C(CCCCCCCCCCCCC)(CCCCCCCCCCCCC)C1(CCCCCCCCCCCCC)c1cc(C(C)(C)C)c(O)cc1C. The molecule has 3 N–H and O–H groups in total. The molecule has 0 spiro atoms. The third kappa shape index (κ3) is 28.5. The molecular weight excluding hydrogens is 1670 g/mol. The lowest BCUT2D eigenvalue weighted by molar-refractivity contribution is -0.531. The van der Waals surface area contributed by atoms with Gasteiger partial charge in [-0.1, -0.05) is 519 Å². The summed E-state index contributed by atoms with van der Waals surface area (Å²) < 4.78 is 67.1. The van der Waals surface area contributed by atoms with Gasteiger partial charge in [0.1, 0.15) is 17.1 Å². The van der Waals surface area contributed by atoms with Gasteiger partial charge in [-0.2, -0.15) is 0 Å². The number of aromatic hydroxyl groups is 3. The van der Waals surface area contributed by atoms with Gasteiger partial charge in [0.05, 0.1) is 11.2 Å². The number of hydrogen-bond donors (Lipinski definition) is 3. The van der Waals surface area contributed by atoms with Gasteiger partial charge in [0.25, 0.3) is 0 Å². The summed E-state index contributed by atoms with van der Waals surface area (Å²) in [7, 11) is -5.81. The second kappa shape index (κ2) is 56.7. The van der Waals surface area contributed by atoms with Crippen LogP contribution in [0.5, 0.6) is 17.2 Å². The highest BCUT2D eigenvalue weighted by molar-refractivity contribution is 7.45. The molecule has 15 heteroatoms. The Balaban J connectivity index is 1.47. The highest BCUT2D eigenvalue weighted by Crippen LogP contribution is 2.88. The number of phenolic OH excluding ortho intramolecular Hbond substituents is 3. The van der Waals surface area contributed by atoms with Crippen LogP contribution in [0.2, 0.25) is 0 Å². The molecule has 7 aliphatic heterocycles. The fraction of sp³-hybridized carbons (Fsp3) is 0.843.